The van der Waals surface area contributed by atoms with Crippen molar-refractivity contribution in [3.63, 3.8) is 0 Å². The van der Waals surface area contributed by atoms with Crippen LogP contribution in [0.4, 0.5) is 0 Å². The van der Waals surface area contributed by atoms with Gasteiger partial charge >= 0.3 is 0 Å². The van der Waals surface area contributed by atoms with E-state index in [9.17, 15) is 13.2 Å². The van der Waals surface area contributed by atoms with E-state index in [2.05, 4.69) is 10.0 Å². The molecular weight excluding hydrogens is 356 g/mol. The average molecular weight is 378 g/mol. The monoisotopic (exact) mass is 378 g/mol. The minimum atomic E-state index is -3.50. The minimum Gasteiger partial charge on any atom is -0.497 e. The number of carbonyl (C=O) groups excluding carboxylic acids is 1. The van der Waals surface area contributed by atoms with Gasteiger partial charge in [-0.3, -0.25) is 4.79 Å². The third-order valence-electron chi connectivity index (χ3n) is 3.61. The lowest BCUT2D eigenvalue weighted by Gasteiger charge is -2.10. The van der Waals surface area contributed by atoms with Crippen LogP contribution in [0.3, 0.4) is 0 Å². The highest BCUT2D eigenvalue weighted by Gasteiger charge is 2.13. The number of amides is 1. The molecule has 7 nitrogen and oxygen atoms in total. The third-order valence-corrected chi connectivity index (χ3v) is 4.93. The molecule has 0 atom stereocenters. The maximum absolute atomic E-state index is 12.2. The predicted octanol–water partition coefficient (Wildman–Crippen LogP) is 1.55. The van der Waals surface area contributed by atoms with Crippen LogP contribution < -0.4 is 19.5 Å². The molecule has 0 saturated heterocycles. The Morgan fingerprint density at radius 2 is 1.62 bits per heavy atom. The van der Waals surface area contributed by atoms with Crippen LogP contribution in [0, 0.1) is 0 Å². The highest BCUT2D eigenvalue weighted by atomic mass is 32.2. The van der Waals surface area contributed by atoms with Crippen LogP contribution in [-0.4, -0.2) is 40.8 Å². The Morgan fingerprint density at radius 3 is 2.19 bits per heavy atom. The molecule has 0 aliphatic carbocycles. The van der Waals surface area contributed by atoms with Gasteiger partial charge < -0.3 is 14.8 Å². The van der Waals surface area contributed by atoms with Gasteiger partial charge in [0, 0.05) is 24.7 Å². The summed E-state index contributed by atoms with van der Waals surface area (Å²) >= 11 is 0. The summed E-state index contributed by atoms with van der Waals surface area (Å²) in [6.07, 6.45) is 0. The smallest absolute Gasteiger partial charge is 0.251 e. The molecule has 8 heteroatoms. The van der Waals surface area contributed by atoms with Gasteiger partial charge in [-0.1, -0.05) is 30.3 Å². The highest BCUT2D eigenvalue weighted by Crippen LogP contribution is 2.22. The van der Waals surface area contributed by atoms with Gasteiger partial charge in [-0.05, 0) is 17.7 Å². The molecule has 2 N–H and O–H groups in total. The van der Waals surface area contributed by atoms with Crippen molar-refractivity contribution in [2.24, 2.45) is 0 Å². The van der Waals surface area contributed by atoms with Crippen molar-refractivity contribution in [1.82, 2.24) is 10.0 Å². The summed E-state index contributed by atoms with van der Waals surface area (Å²) in [5.74, 6) is 0.339. The molecule has 0 spiro atoms. The number of ether oxygens (including phenoxy) is 2. The van der Waals surface area contributed by atoms with Crippen LogP contribution in [-0.2, 0) is 16.6 Å². The molecule has 2 rings (SSSR count). The number of rotatable bonds is 9. The van der Waals surface area contributed by atoms with Gasteiger partial charge in [0.25, 0.3) is 5.91 Å². The number of carbonyl (C=O) groups is 1. The number of sulfonamides is 1. The van der Waals surface area contributed by atoms with Gasteiger partial charge in [-0.15, -0.1) is 0 Å². The van der Waals surface area contributed by atoms with Crippen molar-refractivity contribution in [2.75, 3.05) is 26.5 Å². The number of hydrogen-bond acceptors (Lipinski definition) is 5. The normalized spacial score (nSPS) is 11.0. The van der Waals surface area contributed by atoms with Crippen LogP contribution >= 0.6 is 0 Å². The van der Waals surface area contributed by atoms with Gasteiger partial charge in [-0.2, -0.15) is 0 Å². The molecule has 26 heavy (non-hydrogen) atoms. The fraction of sp³-hybridized carbons (Fsp3) is 0.278. The average Bonchev–Trinajstić information content (AvgIpc) is 2.66. The second-order valence-corrected chi connectivity index (χ2v) is 7.41. The lowest BCUT2D eigenvalue weighted by atomic mass is 10.2. The van der Waals surface area contributed by atoms with Crippen LogP contribution in [0.1, 0.15) is 15.9 Å². The van der Waals surface area contributed by atoms with Crippen LogP contribution in [0.5, 0.6) is 11.5 Å². The molecule has 0 aliphatic heterocycles. The Bertz CT molecular complexity index is 816. The molecule has 0 fully saturated rings. The van der Waals surface area contributed by atoms with Crippen LogP contribution in [0.2, 0.25) is 0 Å². The molecule has 0 bridgehead atoms. The number of benzene rings is 2. The Kier molecular flexibility index (Phi) is 6.99. The quantitative estimate of drug-likeness (QED) is 0.691. The summed E-state index contributed by atoms with van der Waals surface area (Å²) in [6, 6.07) is 14.0. The van der Waals surface area contributed by atoms with E-state index >= 15 is 0 Å². The first-order chi connectivity index (χ1) is 12.4. The van der Waals surface area contributed by atoms with Crippen LogP contribution in [0.15, 0.2) is 48.5 Å². The van der Waals surface area contributed by atoms with E-state index < -0.39 is 15.9 Å². The van der Waals surface area contributed by atoms with E-state index in [0.29, 0.717) is 17.1 Å². The molecule has 1 amide bonds. The summed E-state index contributed by atoms with van der Waals surface area (Å²) in [4.78, 5) is 12.2. The number of hydrogen-bond donors (Lipinski definition) is 2. The Labute approximate surface area is 153 Å². The summed E-state index contributed by atoms with van der Waals surface area (Å²) in [5.41, 5.74) is 1.19. The van der Waals surface area contributed by atoms with E-state index in [1.54, 1.807) is 18.2 Å². The number of nitrogens with one attached hydrogen (secondary N) is 2. The molecule has 0 aliphatic rings. The third kappa shape index (κ3) is 6.05. The van der Waals surface area contributed by atoms with E-state index in [0.717, 1.165) is 5.56 Å². The second-order valence-electron chi connectivity index (χ2n) is 5.48. The fourth-order valence-corrected chi connectivity index (χ4v) is 3.10. The minimum absolute atomic E-state index is 0.0114. The lowest BCUT2D eigenvalue weighted by molar-refractivity contribution is 0.0955. The second kappa shape index (κ2) is 9.21. The summed E-state index contributed by atoms with van der Waals surface area (Å²) in [7, 11) is -0.522. The van der Waals surface area contributed by atoms with E-state index in [1.165, 1.54) is 14.2 Å². The molecule has 0 unspecified atom stereocenters. The maximum atomic E-state index is 12.2. The van der Waals surface area contributed by atoms with Gasteiger partial charge in [0.15, 0.2) is 0 Å². The highest BCUT2D eigenvalue weighted by molar-refractivity contribution is 7.89. The fourth-order valence-electron chi connectivity index (χ4n) is 2.20. The van der Waals surface area contributed by atoms with Crippen molar-refractivity contribution in [1.29, 1.82) is 0 Å². The van der Waals surface area contributed by atoms with Crippen molar-refractivity contribution in [2.45, 2.75) is 6.54 Å². The molecule has 0 heterocycles. The zero-order valence-corrected chi connectivity index (χ0v) is 15.5. The van der Waals surface area contributed by atoms with Gasteiger partial charge in [0.2, 0.25) is 10.0 Å². The largest absolute Gasteiger partial charge is 0.497 e. The molecular formula is C18H22N2O5S. The van der Waals surface area contributed by atoms with Crippen molar-refractivity contribution in [3.05, 3.63) is 59.7 Å². The maximum Gasteiger partial charge on any atom is 0.251 e. The van der Waals surface area contributed by atoms with Gasteiger partial charge in [0.05, 0.1) is 20.0 Å². The Balaban J connectivity index is 1.87. The molecule has 0 radical (unpaired) electrons. The van der Waals surface area contributed by atoms with Gasteiger partial charge in [0.1, 0.15) is 11.5 Å². The van der Waals surface area contributed by atoms with Crippen molar-refractivity contribution >= 4 is 15.9 Å². The Hall–Kier alpha value is -2.58. The van der Waals surface area contributed by atoms with E-state index in [-0.39, 0.29) is 18.8 Å². The molecule has 140 valence electrons. The topological polar surface area (TPSA) is 93.7 Å². The van der Waals surface area contributed by atoms with E-state index in [4.69, 9.17) is 9.47 Å². The van der Waals surface area contributed by atoms with Crippen molar-refractivity contribution in [3.8, 4) is 11.5 Å². The molecule has 2 aromatic carbocycles. The summed E-state index contributed by atoms with van der Waals surface area (Å²) in [6.45, 7) is 0.201. The molecule has 0 aromatic heterocycles. The number of methoxy groups -OCH3 is 2. The first-order valence-electron chi connectivity index (χ1n) is 7.96. The zero-order chi connectivity index (χ0) is 19.0. The van der Waals surface area contributed by atoms with E-state index in [1.807, 2.05) is 30.3 Å². The molecule has 2 aromatic rings. The summed E-state index contributed by atoms with van der Waals surface area (Å²) in [5, 5.41) is 2.59. The predicted molar refractivity (Wildman–Crippen MR) is 98.9 cm³/mol. The van der Waals surface area contributed by atoms with Crippen molar-refractivity contribution < 1.29 is 22.7 Å². The summed E-state index contributed by atoms with van der Waals surface area (Å²) < 4.78 is 36.8. The first kappa shape index (κ1) is 19.7. The van der Waals surface area contributed by atoms with Gasteiger partial charge in [-0.25, -0.2) is 13.1 Å². The Morgan fingerprint density at radius 1 is 1.00 bits per heavy atom. The SMILES string of the molecule is COc1cc(OC)cc(C(=O)NCCS(=O)(=O)NCc2ccccc2)c1. The first-order valence-corrected chi connectivity index (χ1v) is 9.61. The standard InChI is InChI=1S/C18H22N2O5S/c1-24-16-10-15(11-17(12-16)25-2)18(21)19-8-9-26(22,23)20-13-14-6-4-3-5-7-14/h3-7,10-12,20H,8-9,13H2,1-2H3,(H,19,21). The zero-order valence-electron chi connectivity index (χ0n) is 14.7. The molecule has 0 saturated carbocycles. The lowest BCUT2D eigenvalue weighted by Crippen LogP contribution is -2.34. The van der Waals surface area contributed by atoms with Crippen LogP contribution in [0.25, 0.3) is 0 Å².